The Balaban J connectivity index is 1.94. The largest absolute Gasteiger partial charge is 0.401 e. The van der Waals surface area contributed by atoms with E-state index < -0.39 is 5.41 Å². The SMILES string of the molecule is CC(C)C(C)(/C(N)=C/C(=O)c1cnn(C)c1)c1ccc(-c2cnc(N)nc2)nc1. The summed E-state index contributed by atoms with van der Waals surface area (Å²) in [6, 6.07) is 3.86. The summed E-state index contributed by atoms with van der Waals surface area (Å²) in [5.74, 6) is 0.174. The second-order valence-corrected chi connectivity index (χ2v) is 7.49. The second-order valence-electron chi connectivity index (χ2n) is 7.49. The smallest absolute Gasteiger partial charge is 0.219 e. The molecule has 3 aromatic heterocycles. The molecule has 0 fully saturated rings. The van der Waals surface area contributed by atoms with Crippen molar-refractivity contribution in [2.24, 2.45) is 18.7 Å². The van der Waals surface area contributed by atoms with Gasteiger partial charge in [-0.2, -0.15) is 5.10 Å². The standard InChI is InChI=1S/C21H25N7O/c1-13(2)21(3,19(22)7-18(29)15-10-27-28(4)12-15)16-5-6-17(24-11-16)14-8-25-20(23)26-9-14/h5-13H,22H2,1-4H3,(H2,23,25,26)/b19-7-. The van der Waals surface area contributed by atoms with E-state index in [-0.39, 0.29) is 17.6 Å². The van der Waals surface area contributed by atoms with E-state index >= 15 is 0 Å². The molecule has 8 nitrogen and oxygen atoms in total. The van der Waals surface area contributed by atoms with Crippen LogP contribution in [0.2, 0.25) is 0 Å². The van der Waals surface area contributed by atoms with E-state index in [0.29, 0.717) is 11.3 Å². The molecule has 3 aromatic rings. The van der Waals surface area contributed by atoms with Crippen LogP contribution in [-0.4, -0.2) is 30.5 Å². The highest BCUT2D eigenvalue weighted by molar-refractivity contribution is 6.04. The van der Waals surface area contributed by atoms with Gasteiger partial charge in [0.2, 0.25) is 5.95 Å². The summed E-state index contributed by atoms with van der Waals surface area (Å²) < 4.78 is 1.59. The van der Waals surface area contributed by atoms with Crippen molar-refractivity contribution in [1.29, 1.82) is 0 Å². The van der Waals surface area contributed by atoms with Crippen molar-refractivity contribution in [2.75, 3.05) is 5.73 Å². The molecule has 0 amide bonds. The van der Waals surface area contributed by atoms with Crippen LogP contribution >= 0.6 is 0 Å². The first kappa shape index (κ1) is 20.2. The Kier molecular flexibility index (Phi) is 5.45. The quantitative estimate of drug-likeness (QED) is 0.488. The summed E-state index contributed by atoms with van der Waals surface area (Å²) in [6.07, 6.45) is 9.73. The van der Waals surface area contributed by atoms with Crippen molar-refractivity contribution in [3.63, 3.8) is 0 Å². The molecule has 1 atom stereocenters. The van der Waals surface area contributed by atoms with E-state index in [4.69, 9.17) is 11.5 Å². The Hall–Kier alpha value is -3.55. The van der Waals surface area contributed by atoms with Gasteiger partial charge >= 0.3 is 0 Å². The highest BCUT2D eigenvalue weighted by Gasteiger charge is 2.34. The van der Waals surface area contributed by atoms with Crippen LogP contribution in [0.3, 0.4) is 0 Å². The number of allylic oxidation sites excluding steroid dienone is 2. The molecule has 3 rings (SSSR count). The maximum absolute atomic E-state index is 12.6. The summed E-state index contributed by atoms with van der Waals surface area (Å²) >= 11 is 0. The van der Waals surface area contributed by atoms with Gasteiger partial charge in [0.15, 0.2) is 5.78 Å². The zero-order valence-electron chi connectivity index (χ0n) is 17.0. The molecule has 1 unspecified atom stereocenters. The van der Waals surface area contributed by atoms with Gasteiger partial charge < -0.3 is 11.5 Å². The fourth-order valence-electron chi connectivity index (χ4n) is 3.10. The first-order chi connectivity index (χ1) is 13.7. The molecule has 4 N–H and O–H groups in total. The van der Waals surface area contributed by atoms with Gasteiger partial charge in [-0.05, 0) is 24.5 Å². The lowest BCUT2D eigenvalue weighted by Gasteiger charge is -2.35. The number of anilines is 1. The van der Waals surface area contributed by atoms with E-state index in [9.17, 15) is 4.79 Å². The monoisotopic (exact) mass is 391 g/mol. The van der Waals surface area contributed by atoms with Crippen LogP contribution in [0.4, 0.5) is 5.95 Å². The first-order valence-corrected chi connectivity index (χ1v) is 9.27. The van der Waals surface area contributed by atoms with Crippen molar-refractivity contribution in [1.82, 2.24) is 24.7 Å². The molecule has 29 heavy (non-hydrogen) atoms. The predicted molar refractivity (Wildman–Crippen MR) is 112 cm³/mol. The van der Waals surface area contributed by atoms with Crippen LogP contribution in [0, 0.1) is 5.92 Å². The molecular weight excluding hydrogens is 366 g/mol. The van der Waals surface area contributed by atoms with Crippen LogP contribution < -0.4 is 11.5 Å². The Bertz CT molecular complexity index is 1040. The van der Waals surface area contributed by atoms with Crippen LogP contribution in [0.15, 0.2) is 54.9 Å². The maximum atomic E-state index is 12.6. The van der Waals surface area contributed by atoms with Gasteiger partial charge in [0.1, 0.15) is 0 Å². The summed E-state index contributed by atoms with van der Waals surface area (Å²) in [7, 11) is 1.77. The van der Waals surface area contributed by atoms with Crippen molar-refractivity contribution in [2.45, 2.75) is 26.2 Å². The Labute approximate surface area is 169 Å². The van der Waals surface area contributed by atoms with Crippen molar-refractivity contribution in [3.8, 4) is 11.3 Å². The second kappa shape index (κ2) is 7.83. The Morgan fingerprint density at radius 1 is 1.14 bits per heavy atom. The number of pyridine rings is 1. The van der Waals surface area contributed by atoms with Gasteiger partial charge in [0.25, 0.3) is 0 Å². The molecule has 0 aliphatic carbocycles. The fraction of sp³-hybridized carbons (Fsp3) is 0.286. The maximum Gasteiger partial charge on any atom is 0.219 e. The van der Waals surface area contributed by atoms with Gasteiger partial charge in [-0.1, -0.05) is 19.9 Å². The molecule has 8 heteroatoms. The number of hydrogen-bond acceptors (Lipinski definition) is 7. The Morgan fingerprint density at radius 3 is 2.34 bits per heavy atom. The number of carbonyl (C=O) groups excluding carboxylic acids is 1. The molecule has 0 saturated heterocycles. The van der Waals surface area contributed by atoms with E-state index in [1.165, 1.54) is 12.3 Å². The third kappa shape index (κ3) is 4.01. The number of nitrogens with zero attached hydrogens (tertiary/aromatic N) is 5. The summed E-state index contributed by atoms with van der Waals surface area (Å²) in [4.78, 5) is 25.1. The molecule has 0 radical (unpaired) electrons. The molecule has 0 aliphatic heterocycles. The van der Waals surface area contributed by atoms with E-state index in [1.807, 2.05) is 19.1 Å². The highest BCUT2D eigenvalue weighted by atomic mass is 16.1. The van der Waals surface area contributed by atoms with Crippen LogP contribution in [0.5, 0.6) is 0 Å². The molecule has 0 saturated carbocycles. The van der Waals surface area contributed by atoms with Gasteiger partial charge in [0, 0.05) is 54.6 Å². The fourth-order valence-corrected chi connectivity index (χ4v) is 3.10. The first-order valence-electron chi connectivity index (χ1n) is 9.27. The summed E-state index contributed by atoms with van der Waals surface area (Å²) in [5.41, 5.74) is 14.8. The lowest BCUT2D eigenvalue weighted by Crippen LogP contribution is -2.35. The topological polar surface area (TPSA) is 126 Å². The number of aromatic nitrogens is 5. The molecule has 0 aromatic carbocycles. The average Bonchev–Trinajstić information content (AvgIpc) is 3.14. The third-order valence-corrected chi connectivity index (χ3v) is 5.36. The number of aryl methyl sites for hydroxylation is 1. The van der Waals surface area contributed by atoms with Crippen LogP contribution in [-0.2, 0) is 12.5 Å². The van der Waals surface area contributed by atoms with Gasteiger partial charge in [-0.15, -0.1) is 0 Å². The lowest BCUT2D eigenvalue weighted by atomic mass is 9.71. The lowest BCUT2D eigenvalue weighted by molar-refractivity contribution is 0.104. The summed E-state index contributed by atoms with van der Waals surface area (Å²) in [5, 5.41) is 4.04. The number of carbonyl (C=O) groups is 1. The van der Waals surface area contributed by atoms with Crippen molar-refractivity contribution >= 4 is 11.7 Å². The van der Waals surface area contributed by atoms with Crippen LogP contribution in [0.1, 0.15) is 36.7 Å². The van der Waals surface area contributed by atoms with Gasteiger partial charge in [-0.25, -0.2) is 9.97 Å². The minimum Gasteiger partial charge on any atom is -0.401 e. The van der Waals surface area contributed by atoms with Crippen LogP contribution in [0.25, 0.3) is 11.3 Å². The average molecular weight is 391 g/mol. The summed E-state index contributed by atoms with van der Waals surface area (Å²) in [6.45, 7) is 6.15. The highest BCUT2D eigenvalue weighted by Crippen LogP contribution is 2.37. The van der Waals surface area contributed by atoms with Crippen molar-refractivity contribution in [3.05, 3.63) is 66.0 Å². The minimum atomic E-state index is -0.568. The molecule has 0 bridgehead atoms. The number of nitrogens with two attached hydrogens (primary N) is 2. The molecule has 150 valence electrons. The van der Waals surface area contributed by atoms with Gasteiger partial charge in [0.05, 0.1) is 17.5 Å². The zero-order valence-corrected chi connectivity index (χ0v) is 17.0. The van der Waals surface area contributed by atoms with Crippen molar-refractivity contribution < 1.29 is 4.79 Å². The number of rotatable bonds is 6. The number of hydrogen-bond donors (Lipinski definition) is 2. The zero-order chi connectivity index (χ0) is 21.2. The number of ketones is 1. The van der Waals surface area contributed by atoms with E-state index in [1.54, 1.807) is 36.5 Å². The molecule has 3 heterocycles. The number of nitrogen functional groups attached to an aromatic ring is 1. The molecular formula is C21H25N7O. The van der Waals surface area contributed by atoms with E-state index in [2.05, 4.69) is 33.9 Å². The van der Waals surface area contributed by atoms with Gasteiger partial charge in [-0.3, -0.25) is 14.5 Å². The third-order valence-electron chi connectivity index (χ3n) is 5.36. The predicted octanol–water partition coefficient (Wildman–Crippen LogP) is 2.49. The molecule has 0 aliphatic rings. The molecule has 0 spiro atoms. The minimum absolute atomic E-state index is 0.132. The van der Waals surface area contributed by atoms with E-state index in [0.717, 1.165) is 16.8 Å². The normalized spacial score (nSPS) is 14.0. The Morgan fingerprint density at radius 2 is 1.83 bits per heavy atom.